The van der Waals surface area contributed by atoms with E-state index in [1.54, 1.807) is 0 Å². The minimum absolute atomic E-state index is 0.0230. The molecule has 1 aliphatic heterocycles. The van der Waals surface area contributed by atoms with Gasteiger partial charge in [-0.2, -0.15) is 0 Å². The van der Waals surface area contributed by atoms with Gasteiger partial charge in [0.15, 0.2) is 0 Å². The van der Waals surface area contributed by atoms with Gasteiger partial charge in [0.05, 0.1) is 0 Å². The zero-order valence-corrected chi connectivity index (χ0v) is 13.2. The summed E-state index contributed by atoms with van der Waals surface area (Å²) in [6.45, 7) is 10.9. The summed E-state index contributed by atoms with van der Waals surface area (Å²) < 4.78 is 0. The Morgan fingerprint density at radius 3 is 2.30 bits per heavy atom. The lowest BCUT2D eigenvalue weighted by Gasteiger charge is -2.34. The van der Waals surface area contributed by atoms with Crippen LogP contribution < -0.4 is 10.6 Å². The van der Waals surface area contributed by atoms with E-state index in [1.165, 1.54) is 0 Å². The van der Waals surface area contributed by atoms with E-state index in [4.69, 9.17) is 0 Å². The van der Waals surface area contributed by atoms with Crippen molar-refractivity contribution in [2.45, 2.75) is 46.6 Å². The molecule has 1 atom stereocenters. The summed E-state index contributed by atoms with van der Waals surface area (Å²) in [5, 5.41) is 6.26. The average Bonchev–Trinajstić information content (AvgIpc) is 2.44. The van der Waals surface area contributed by atoms with Gasteiger partial charge in [-0.25, -0.2) is 0 Å². The van der Waals surface area contributed by atoms with Crippen LogP contribution in [0, 0.1) is 11.8 Å². The minimum Gasteiger partial charge on any atom is -0.353 e. The van der Waals surface area contributed by atoms with Crippen LogP contribution in [0.4, 0.5) is 0 Å². The molecule has 1 unspecified atom stereocenters. The highest BCUT2D eigenvalue weighted by molar-refractivity contribution is 5.79. The van der Waals surface area contributed by atoms with Crippen LogP contribution in [0.1, 0.15) is 40.5 Å². The second-order valence-corrected chi connectivity index (χ2v) is 5.97. The topological polar surface area (TPSA) is 61.4 Å². The predicted octanol–water partition coefficient (Wildman–Crippen LogP) is 0.995. The van der Waals surface area contributed by atoms with Crippen LogP contribution in [-0.4, -0.2) is 48.9 Å². The van der Waals surface area contributed by atoms with Crippen molar-refractivity contribution in [3.05, 3.63) is 0 Å². The number of piperidine rings is 1. The highest BCUT2D eigenvalue weighted by atomic mass is 16.2. The first kappa shape index (κ1) is 17.0. The third-order valence-corrected chi connectivity index (χ3v) is 3.80. The number of hydrogen-bond donors (Lipinski definition) is 2. The van der Waals surface area contributed by atoms with E-state index in [1.807, 2.05) is 32.6 Å². The van der Waals surface area contributed by atoms with Gasteiger partial charge in [0, 0.05) is 37.5 Å². The van der Waals surface area contributed by atoms with E-state index in [2.05, 4.69) is 10.6 Å². The molecule has 1 aliphatic rings. The first-order chi connectivity index (χ1) is 9.45. The number of carbonyl (C=O) groups is 2. The second-order valence-electron chi connectivity index (χ2n) is 5.97. The van der Waals surface area contributed by atoms with Crippen LogP contribution in [0.15, 0.2) is 0 Å². The first-order valence-electron chi connectivity index (χ1n) is 7.75. The molecule has 0 radical (unpaired) electrons. The Hall–Kier alpha value is -1.10. The zero-order valence-electron chi connectivity index (χ0n) is 13.2. The molecule has 5 heteroatoms. The molecule has 0 aliphatic carbocycles. The Balaban J connectivity index is 2.34. The van der Waals surface area contributed by atoms with Crippen LogP contribution in [0.5, 0.6) is 0 Å². The third kappa shape index (κ3) is 5.12. The largest absolute Gasteiger partial charge is 0.353 e. The molecule has 2 amide bonds. The Labute approximate surface area is 122 Å². The molecule has 20 heavy (non-hydrogen) atoms. The molecule has 2 N–H and O–H groups in total. The molecule has 0 aromatic heterocycles. The summed E-state index contributed by atoms with van der Waals surface area (Å²) in [5.41, 5.74) is 0. The molecule has 1 heterocycles. The number of amides is 2. The summed E-state index contributed by atoms with van der Waals surface area (Å²) in [4.78, 5) is 25.8. The highest BCUT2D eigenvalue weighted by Crippen LogP contribution is 2.13. The number of nitrogens with one attached hydrogen (secondary N) is 2. The maximum atomic E-state index is 12.2. The summed E-state index contributed by atoms with van der Waals surface area (Å²) in [6, 6.07) is 0.220. The SMILES string of the molecule is CCNCC(C)C(=O)N1CCC(NC(=O)C(C)C)CC1. The number of likely N-dealkylation sites (tertiary alicyclic amines) is 1. The van der Waals surface area contributed by atoms with Gasteiger partial charge >= 0.3 is 0 Å². The van der Waals surface area contributed by atoms with Gasteiger partial charge in [-0.05, 0) is 19.4 Å². The summed E-state index contributed by atoms with van der Waals surface area (Å²) in [5.74, 6) is 0.376. The van der Waals surface area contributed by atoms with Crippen molar-refractivity contribution in [1.82, 2.24) is 15.5 Å². The lowest BCUT2D eigenvalue weighted by molar-refractivity contribution is -0.136. The standard InChI is InChI=1S/C15H29N3O2/c1-5-16-10-12(4)15(20)18-8-6-13(7-9-18)17-14(19)11(2)3/h11-13,16H,5-10H2,1-4H3,(H,17,19). The van der Waals surface area contributed by atoms with Gasteiger partial charge in [-0.1, -0.05) is 27.7 Å². The quantitative estimate of drug-likeness (QED) is 0.764. The molecule has 1 fully saturated rings. The fraction of sp³-hybridized carbons (Fsp3) is 0.867. The molecule has 0 aromatic rings. The van der Waals surface area contributed by atoms with E-state index in [9.17, 15) is 9.59 Å². The summed E-state index contributed by atoms with van der Waals surface area (Å²) in [6.07, 6.45) is 1.72. The van der Waals surface area contributed by atoms with Crippen molar-refractivity contribution >= 4 is 11.8 Å². The fourth-order valence-corrected chi connectivity index (χ4v) is 2.37. The smallest absolute Gasteiger partial charge is 0.226 e. The van der Waals surface area contributed by atoms with Crippen LogP contribution >= 0.6 is 0 Å². The van der Waals surface area contributed by atoms with Crippen molar-refractivity contribution in [3.8, 4) is 0 Å². The van der Waals surface area contributed by atoms with Gasteiger partial charge in [-0.15, -0.1) is 0 Å². The Kier molecular flexibility index (Phi) is 6.99. The molecule has 1 saturated heterocycles. The highest BCUT2D eigenvalue weighted by Gasteiger charge is 2.26. The Morgan fingerprint density at radius 1 is 1.20 bits per heavy atom. The summed E-state index contributed by atoms with van der Waals surface area (Å²) >= 11 is 0. The number of nitrogens with zero attached hydrogens (tertiary/aromatic N) is 1. The lowest BCUT2D eigenvalue weighted by Crippen LogP contribution is -2.49. The Bertz CT molecular complexity index is 323. The van der Waals surface area contributed by atoms with Crippen LogP contribution in [0.25, 0.3) is 0 Å². The van der Waals surface area contributed by atoms with Crippen molar-refractivity contribution in [3.63, 3.8) is 0 Å². The van der Waals surface area contributed by atoms with E-state index in [0.717, 1.165) is 39.0 Å². The van der Waals surface area contributed by atoms with Gasteiger partial charge in [0.1, 0.15) is 0 Å². The van der Waals surface area contributed by atoms with E-state index >= 15 is 0 Å². The normalized spacial score (nSPS) is 18.1. The molecule has 5 nitrogen and oxygen atoms in total. The zero-order chi connectivity index (χ0) is 15.1. The molecule has 0 aromatic carbocycles. The van der Waals surface area contributed by atoms with E-state index in [-0.39, 0.29) is 29.7 Å². The van der Waals surface area contributed by atoms with Gasteiger partial charge in [0.2, 0.25) is 11.8 Å². The maximum absolute atomic E-state index is 12.2. The van der Waals surface area contributed by atoms with Gasteiger partial charge < -0.3 is 15.5 Å². The predicted molar refractivity (Wildman–Crippen MR) is 80.3 cm³/mol. The molecule has 0 bridgehead atoms. The van der Waals surface area contributed by atoms with Crippen LogP contribution in [-0.2, 0) is 9.59 Å². The summed E-state index contributed by atoms with van der Waals surface area (Å²) in [7, 11) is 0. The van der Waals surface area contributed by atoms with Crippen molar-refractivity contribution < 1.29 is 9.59 Å². The molecule has 0 spiro atoms. The van der Waals surface area contributed by atoms with Crippen LogP contribution in [0.3, 0.4) is 0 Å². The molecular weight excluding hydrogens is 254 g/mol. The van der Waals surface area contributed by atoms with Crippen molar-refractivity contribution in [2.75, 3.05) is 26.2 Å². The van der Waals surface area contributed by atoms with E-state index < -0.39 is 0 Å². The maximum Gasteiger partial charge on any atom is 0.226 e. The molecule has 116 valence electrons. The lowest BCUT2D eigenvalue weighted by atomic mass is 10.0. The van der Waals surface area contributed by atoms with Crippen LogP contribution in [0.2, 0.25) is 0 Å². The fourth-order valence-electron chi connectivity index (χ4n) is 2.37. The minimum atomic E-state index is 0.0230. The molecular formula is C15H29N3O2. The van der Waals surface area contributed by atoms with Crippen molar-refractivity contribution in [2.24, 2.45) is 11.8 Å². The van der Waals surface area contributed by atoms with Crippen molar-refractivity contribution in [1.29, 1.82) is 0 Å². The molecule has 1 rings (SSSR count). The second kappa shape index (κ2) is 8.25. The molecule has 0 saturated carbocycles. The van der Waals surface area contributed by atoms with Gasteiger partial charge in [0.25, 0.3) is 0 Å². The van der Waals surface area contributed by atoms with Gasteiger partial charge in [-0.3, -0.25) is 9.59 Å². The third-order valence-electron chi connectivity index (χ3n) is 3.80. The van der Waals surface area contributed by atoms with E-state index in [0.29, 0.717) is 0 Å². The first-order valence-corrected chi connectivity index (χ1v) is 7.75. The number of hydrogen-bond acceptors (Lipinski definition) is 3. The number of rotatable bonds is 6. The Morgan fingerprint density at radius 2 is 1.80 bits per heavy atom. The average molecular weight is 283 g/mol. The number of carbonyl (C=O) groups excluding carboxylic acids is 2. The monoisotopic (exact) mass is 283 g/mol.